The minimum absolute atomic E-state index is 0.891. The predicted molar refractivity (Wildman–Crippen MR) is 264 cm³/mol. The van der Waals surface area contributed by atoms with Gasteiger partial charge in [0, 0.05) is 47.3 Å². The molecule has 0 aliphatic heterocycles. The third-order valence-electron chi connectivity index (χ3n) is 12.6. The number of nitrogens with zero attached hydrogens (tertiary/aromatic N) is 2. The van der Waals surface area contributed by atoms with Crippen LogP contribution in [0.5, 0.6) is 0 Å². The number of aromatic nitrogens is 1. The summed E-state index contributed by atoms with van der Waals surface area (Å²) in [5, 5.41) is 9.65. The molecule has 0 aliphatic carbocycles. The number of fused-ring (bicyclic) bond motifs is 10. The fraction of sp³-hybridized carbons (Fsp3) is 0. The van der Waals surface area contributed by atoms with E-state index in [1.54, 1.807) is 0 Å². The Morgan fingerprint density at radius 1 is 0.371 bits per heavy atom. The van der Waals surface area contributed by atoms with Crippen molar-refractivity contribution in [1.82, 2.24) is 4.57 Å². The normalized spacial score (nSPS) is 11.9. The van der Waals surface area contributed by atoms with E-state index in [1.165, 1.54) is 64.0 Å². The van der Waals surface area contributed by atoms with E-state index in [0.29, 0.717) is 0 Å². The second kappa shape index (κ2) is 13.8. The summed E-state index contributed by atoms with van der Waals surface area (Å²) in [5.74, 6) is 0. The zero-order valence-corrected chi connectivity index (χ0v) is 34.3. The van der Waals surface area contributed by atoms with Crippen molar-refractivity contribution in [3.8, 4) is 27.9 Å². The van der Waals surface area contributed by atoms with Gasteiger partial charge in [0.1, 0.15) is 11.2 Å². The monoisotopic (exact) mass is 808 g/mol. The van der Waals surface area contributed by atoms with E-state index in [0.717, 1.165) is 55.6 Å². The fourth-order valence-electron chi connectivity index (χ4n) is 9.87. The third-order valence-corrected chi connectivity index (χ3v) is 13.7. The van der Waals surface area contributed by atoms with Crippen LogP contribution < -0.4 is 4.90 Å². The Labute approximate surface area is 361 Å². The van der Waals surface area contributed by atoms with Gasteiger partial charge in [-0.2, -0.15) is 0 Å². The molecule has 0 unspecified atom stereocenters. The zero-order chi connectivity index (χ0) is 40.7. The minimum atomic E-state index is 0.891. The Balaban J connectivity index is 0.993. The Kier molecular flexibility index (Phi) is 7.78. The van der Waals surface area contributed by atoms with Crippen LogP contribution in [0.3, 0.4) is 0 Å². The molecule has 290 valence electrons. The Morgan fingerprint density at radius 2 is 1.00 bits per heavy atom. The summed E-state index contributed by atoms with van der Waals surface area (Å²) in [4.78, 5) is 2.50. The lowest BCUT2D eigenvalue weighted by molar-refractivity contribution is 0.669. The number of hydrogen-bond donors (Lipinski definition) is 0. The van der Waals surface area contributed by atoms with E-state index in [9.17, 15) is 0 Å². The van der Waals surface area contributed by atoms with Gasteiger partial charge in [0.05, 0.1) is 39.2 Å². The van der Waals surface area contributed by atoms with Crippen molar-refractivity contribution < 1.29 is 4.42 Å². The van der Waals surface area contributed by atoms with Gasteiger partial charge in [-0.25, -0.2) is 0 Å². The van der Waals surface area contributed by atoms with E-state index in [1.807, 2.05) is 17.4 Å². The second-order valence-corrected chi connectivity index (χ2v) is 17.1. The summed E-state index contributed by atoms with van der Waals surface area (Å²) < 4.78 is 11.3. The Hall–Kier alpha value is -7.92. The topological polar surface area (TPSA) is 21.3 Å². The molecule has 0 aliphatic rings. The molecule has 0 fully saturated rings. The number of rotatable bonds is 6. The van der Waals surface area contributed by atoms with Crippen molar-refractivity contribution in [2.45, 2.75) is 0 Å². The maximum Gasteiger partial charge on any atom is 0.137 e. The van der Waals surface area contributed by atoms with Gasteiger partial charge in [0.25, 0.3) is 0 Å². The average molecular weight is 809 g/mol. The van der Waals surface area contributed by atoms with Crippen LogP contribution in [0.4, 0.5) is 17.1 Å². The molecule has 0 N–H and O–H groups in total. The molecule has 3 aromatic heterocycles. The molecule has 0 amide bonds. The van der Waals surface area contributed by atoms with Crippen LogP contribution in [0.1, 0.15) is 0 Å². The molecule has 0 radical (unpaired) electrons. The van der Waals surface area contributed by atoms with Gasteiger partial charge in [0.2, 0.25) is 0 Å². The van der Waals surface area contributed by atoms with Gasteiger partial charge in [0.15, 0.2) is 0 Å². The van der Waals surface area contributed by atoms with Gasteiger partial charge in [-0.1, -0.05) is 146 Å². The van der Waals surface area contributed by atoms with Crippen LogP contribution in [0.25, 0.3) is 103 Å². The van der Waals surface area contributed by atoms with Crippen LogP contribution in [0, 0.1) is 0 Å². The summed E-state index contributed by atoms with van der Waals surface area (Å²) in [5.41, 5.74) is 13.3. The molecular formula is C58H36N2OS. The molecular weight excluding hydrogens is 773 g/mol. The van der Waals surface area contributed by atoms with Crippen molar-refractivity contribution in [3.05, 3.63) is 218 Å². The summed E-state index contributed by atoms with van der Waals surface area (Å²) in [7, 11) is 0. The minimum Gasteiger partial charge on any atom is -0.456 e. The van der Waals surface area contributed by atoms with Crippen LogP contribution in [0.2, 0.25) is 0 Å². The second-order valence-electron chi connectivity index (χ2n) is 16.0. The standard InChI is InChI=1S/C58H36N2OS/c1-2-19-41-37(15-1)16-12-26-48(41)59(52-28-14-32-56-58(52)45-23-6-10-31-55(45)62-56)47-24-7-3-20-42(47)40-18-11-17-38(35-40)39-33-34-50-46(36-39)43-21-4-8-25-49(43)60(50)51-27-13-30-54-57(51)44-22-5-9-29-53(44)61-54/h1-36H. The SMILES string of the molecule is c1cc(-c2ccc3c(c2)c2ccccc2n3-c2cccc3oc4ccccc4c23)cc(-c2ccccc2N(c2cccc3ccccc23)c2cccc3sc4ccccc4c23)c1. The van der Waals surface area contributed by atoms with Crippen molar-refractivity contribution in [2.75, 3.05) is 4.90 Å². The molecule has 0 atom stereocenters. The van der Waals surface area contributed by atoms with Gasteiger partial charge < -0.3 is 13.9 Å². The number of furan rings is 1. The lowest BCUT2D eigenvalue weighted by Crippen LogP contribution is -2.12. The van der Waals surface area contributed by atoms with Crippen molar-refractivity contribution >= 4 is 103 Å². The quantitative estimate of drug-likeness (QED) is 0.167. The molecule has 4 heteroatoms. The lowest BCUT2D eigenvalue weighted by atomic mass is 9.96. The lowest BCUT2D eigenvalue weighted by Gasteiger charge is -2.30. The first-order valence-corrected chi connectivity index (χ1v) is 21.9. The number of para-hydroxylation sites is 3. The Morgan fingerprint density at radius 3 is 1.95 bits per heavy atom. The van der Waals surface area contributed by atoms with Crippen LogP contribution >= 0.6 is 11.3 Å². The first-order chi connectivity index (χ1) is 30.8. The largest absolute Gasteiger partial charge is 0.456 e. The molecule has 13 aromatic rings. The van der Waals surface area contributed by atoms with Crippen molar-refractivity contribution in [3.63, 3.8) is 0 Å². The highest BCUT2D eigenvalue weighted by Crippen LogP contribution is 2.49. The van der Waals surface area contributed by atoms with Gasteiger partial charge in [-0.3, -0.25) is 0 Å². The van der Waals surface area contributed by atoms with Gasteiger partial charge in [-0.15, -0.1) is 11.3 Å². The Bertz CT molecular complexity index is 3900. The molecule has 0 bridgehead atoms. The number of benzene rings is 10. The average Bonchev–Trinajstić information content (AvgIpc) is 4.02. The zero-order valence-electron chi connectivity index (χ0n) is 33.5. The fourth-order valence-corrected chi connectivity index (χ4v) is 11.0. The summed E-state index contributed by atoms with van der Waals surface area (Å²) in [6, 6.07) is 79.3. The number of hydrogen-bond acceptors (Lipinski definition) is 3. The van der Waals surface area contributed by atoms with Gasteiger partial charge >= 0.3 is 0 Å². The smallest absolute Gasteiger partial charge is 0.137 e. The molecule has 0 saturated carbocycles. The number of thiophene rings is 1. The first-order valence-electron chi connectivity index (χ1n) is 21.1. The van der Waals surface area contributed by atoms with Crippen LogP contribution in [0.15, 0.2) is 223 Å². The first kappa shape index (κ1) is 34.9. The summed E-state index contributed by atoms with van der Waals surface area (Å²) in [6.07, 6.45) is 0. The summed E-state index contributed by atoms with van der Waals surface area (Å²) in [6.45, 7) is 0. The molecule has 62 heavy (non-hydrogen) atoms. The molecule has 0 spiro atoms. The maximum absolute atomic E-state index is 6.35. The van der Waals surface area contributed by atoms with E-state index < -0.39 is 0 Å². The van der Waals surface area contributed by atoms with Crippen LogP contribution in [-0.2, 0) is 0 Å². The van der Waals surface area contributed by atoms with Crippen molar-refractivity contribution in [2.24, 2.45) is 0 Å². The highest BCUT2D eigenvalue weighted by molar-refractivity contribution is 7.26. The van der Waals surface area contributed by atoms with E-state index >= 15 is 0 Å². The molecule has 3 heterocycles. The van der Waals surface area contributed by atoms with Gasteiger partial charge in [-0.05, 0) is 94.9 Å². The molecule has 3 nitrogen and oxygen atoms in total. The van der Waals surface area contributed by atoms with E-state index in [-0.39, 0.29) is 0 Å². The highest BCUT2D eigenvalue weighted by Gasteiger charge is 2.23. The van der Waals surface area contributed by atoms with E-state index in [2.05, 4.69) is 222 Å². The van der Waals surface area contributed by atoms with E-state index in [4.69, 9.17) is 4.42 Å². The molecule has 13 rings (SSSR count). The number of anilines is 3. The maximum atomic E-state index is 6.35. The third kappa shape index (κ3) is 5.30. The summed E-state index contributed by atoms with van der Waals surface area (Å²) >= 11 is 1.86. The predicted octanol–water partition coefficient (Wildman–Crippen LogP) is 17.0. The highest BCUT2D eigenvalue weighted by atomic mass is 32.1. The molecule has 10 aromatic carbocycles. The molecule has 0 saturated heterocycles. The van der Waals surface area contributed by atoms with Crippen LogP contribution in [-0.4, -0.2) is 4.57 Å². The van der Waals surface area contributed by atoms with Crippen molar-refractivity contribution in [1.29, 1.82) is 0 Å².